The number of thioether (sulfide) groups is 1. The van der Waals surface area contributed by atoms with Crippen molar-refractivity contribution < 1.29 is 29.1 Å². The fourth-order valence-electron chi connectivity index (χ4n) is 3.26. The summed E-state index contributed by atoms with van der Waals surface area (Å²) in [6.07, 6.45) is -0.717. The molecule has 17 heteroatoms. The van der Waals surface area contributed by atoms with E-state index in [0.717, 1.165) is 33.9 Å². The first-order valence-electron chi connectivity index (χ1n) is 14.2. The standard InChI is InChI=1S/C25H25Cl2N7O6S2.2C2H6/c1-14(29-20(36)11-28-25(40)41-13-15-6-3-2-4-7-15)23(39)30-18(10-21(37)38)19(35)12-34-32-24(31-33-34)42-22-16(26)8-5-9-17(22)27;2*1-2/h2-9,14,18H,10-13H2,1H3,(H,28,40)(H,29,36)(H,30,39)(H,37,38);2*1-2H3. The number of nitrogens with one attached hydrogen (secondary N) is 3. The lowest BCUT2D eigenvalue weighted by atomic mass is 10.1. The predicted octanol–water partition coefficient (Wildman–Crippen LogP) is 4.86. The highest BCUT2D eigenvalue weighted by molar-refractivity contribution is 8.12. The Hall–Kier alpha value is -3.66. The minimum atomic E-state index is -1.44. The van der Waals surface area contributed by atoms with Crippen molar-refractivity contribution in [2.75, 3.05) is 6.54 Å². The van der Waals surface area contributed by atoms with Crippen LogP contribution in [0.5, 0.6) is 0 Å². The van der Waals surface area contributed by atoms with Crippen molar-refractivity contribution in [2.45, 2.75) is 75.5 Å². The van der Waals surface area contributed by atoms with Gasteiger partial charge in [-0.25, -0.2) is 0 Å². The summed E-state index contributed by atoms with van der Waals surface area (Å²) in [4.78, 5) is 62.5. The zero-order valence-corrected chi connectivity index (χ0v) is 29.1. The number of amides is 3. The number of nitrogens with zero attached hydrogens (tertiary/aromatic N) is 4. The first-order valence-corrected chi connectivity index (χ1v) is 16.8. The van der Waals surface area contributed by atoms with E-state index < -0.39 is 53.9 Å². The summed E-state index contributed by atoms with van der Waals surface area (Å²) in [6.45, 7) is 8.48. The third kappa shape index (κ3) is 14.6. The molecule has 2 unspecified atom stereocenters. The van der Waals surface area contributed by atoms with E-state index in [1.54, 1.807) is 18.2 Å². The molecule has 0 bridgehead atoms. The number of tetrazole rings is 1. The molecule has 1 aromatic heterocycles. The molecule has 13 nitrogen and oxygen atoms in total. The van der Waals surface area contributed by atoms with Crippen LogP contribution in [-0.4, -0.2) is 72.7 Å². The number of Topliss-reactive ketones (excluding diaryl/α,β-unsaturated/α-hetero) is 1. The maximum atomic E-state index is 12.9. The number of carboxylic acids is 1. The summed E-state index contributed by atoms with van der Waals surface area (Å²) in [5.41, 5.74) is 0.943. The summed E-state index contributed by atoms with van der Waals surface area (Å²) in [5.74, 6) is -3.08. The van der Waals surface area contributed by atoms with Gasteiger partial charge in [0.2, 0.25) is 17.0 Å². The maximum Gasteiger partial charge on any atom is 0.305 e. The molecule has 0 spiro atoms. The van der Waals surface area contributed by atoms with Crippen molar-refractivity contribution in [2.24, 2.45) is 0 Å². The van der Waals surface area contributed by atoms with Crippen molar-refractivity contribution in [3.8, 4) is 0 Å². The van der Waals surface area contributed by atoms with Gasteiger partial charge in [0, 0.05) is 5.75 Å². The SMILES string of the molecule is CC.CC.CC(NC(=O)CNC(=O)SCc1ccccc1)C(=O)NC(CC(=O)O)C(=O)Cn1nnc(Sc2c(Cl)cccc2Cl)n1. The van der Waals surface area contributed by atoms with Crippen LogP contribution in [0.2, 0.25) is 10.0 Å². The molecule has 0 aliphatic rings. The van der Waals surface area contributed by atoms with Gasteiger partial charge in [0.15, 0.2) is 5.78 Å². The second-order valence-corrected chi connectivity index (χ2v) is 11.3. The van der Waals surface area contributed by atoms with E-state index in [-0.39, 0.29) is 11.7 Å². The molecule has 0 aliphatic carbocycles. The zero-order chi connectivity index (χ0) is 34.6. The van der Waals surface area contributed by atoms with Crippen molar-refractivity contribution in [3.05, 3.63) is 64.1 Å². The van der Waals surface area contributed by atoms with Gasteiger partial charge in [0.05, 0.1) is 27.9 Å². The number of hydrogen-bond donors (Lipinski definition) is 4. The summed E-state index contributed by atoms with van der Waals surface area (Å²) >= 11 is 14.3. The van der Waals surface area contributed by atoms with Crippen LogP contribution in [0.15, 0.2) is 58.6 Å². The summed E-state index contributed by atoms with van der Waals surface area (Å²) in [6, 6.07) is 11.7. The second kappa shape index (κ2) is 22.0. The molecule has 3 rings (SSSR count). The zero-order valence-electron chi connectivity index (χ0n) is 26.0. The van der Waals surface area contributed by atoms with Crippen molar-refractivity contribution in [1.29, 1.82) is 0 Å². The number of hydrogen-bond acceptors (Lipinski definition) is 10. The fourth-order valence-corrected chi connectivity index (χ4v) is 5.28. The molecule has 0 fully saturated rings. The Morgan fingerprint density at radius 3 is 2.17 bits per heavy atom. The molecule has 0 radical (unpaired) electrons. The van der Waals surface area contributed by atoms with E-state index in [1.807, 2.05) is 58.0 Å². The highest BCUT2D eigenvalue weighted by atomic mass is 35.5. The number of aliphatic carboxylic acids is 1. The van der Waals surface area contributed by atoms with Gasteiger partial charge in [-0.1, -0.05) is 99.1 Å². The Bertz CT molecular complexity index is 1430. The minimum absolute atomic E-state index is 0.138. The summed E-state index contributed by atoms with van der Waals surface area (Å²) in [7, 11) is 0. The molecular weight excluding hydrogens is 677 g/mol. The molecule has 3 amide bonds. The normalized spacial score (nSPS) is 11.4. The van der Waals surface area contributed by atoms with Crippen LogP contribution >= 0.6 is 46.7 Å². The number of carboxylic acid groups (broad SMARTS) is 1. The largest absolute Gasteiger partial charge is 0.481 e. The lowest BCUT2D eigenvalue weighted by molar-refractivity contribution is -0.140. The number of benzene rings is 2. The third-order valence-electron chi connectivity index (χ3n) is 5.30. The van der Waals surface area contributed by atoms with Gasteiger partial charge in [-0.05, 0) is 41.6 Å². The lowest BCUT2D eigenvalue weighted by Gasteiger charge is -2.19. The summed E-state index contributed by atoms with van der Waals surface area (Å²) in [5, 5.41) is 28.6. The molecule has 0 saturated carbocycles. The van der Waals surface area contributed by atoms with Crippen LogP contribution in [0.3, 0.4) is 0 Å². The molecule has 2 atom stereocenters. The van der Waals surface area contributed by atoms with Gasteiger partial charge < -0.3 is 21.1 Å². The molecule has 250 valence electrons. The first kappa shape index (κ1) is 40.4. The monoisotopic (exact) mass is 713 g/mol. The third-order valence-corrected chi connectivity index (χ3v) is 8.03. The number of carbonyl (C=O) groups excluding carboxylic acids is 4. The van der Waals surface area contributed by atoms with Crippen LogP contribution in [-0.2, 0) is 31.5 Å². The smallest absolute Gasteiger partial charge is 0.305 e. The highest BCUT2D eigenvalue weighted by Gasteiger charge is 2.27. The van der Waals surface area contributed by atoms with E-state index >= 15 is 0 Å². The van der Waals surface area contributed by atoms with Crippen molar-refractivity contribution >= 4 is 75.5 Å². The summed E-state index contributed by atoms with van der Waals surface area (Å²) < 4.78 is 0. The van der Waals surface area contributed by atoms with E-state index in [2.05, 4.69) is 31.4 Å². The van der Waals surface area contributed by atoms with E-state index in [1.165, 1.54) is 6.92 Å². The van der Waals surface area contributed by atoms with Gasteiger partial charge >= 0.3 is 5.97 Å². The van der Waals surface area contributed by atoms with Gasteiger partial charge in [-0.3, -0.25) is 24.0 Å². The Kier molecular flexibility index (Phi) is 19.3. The Morgan fingerprint density at radius 2 is 1.57 bits per heavy atom. The lowest BCUT2D eigenvalue weighted by Crippen LogP contribution is -2.52. The van der Waals surface area contributed by atoms with Crippen LogP contribution in [0.1, 0.15) is 46.6 Å². The Labute approximate surface area is 285 Å². The van der Waals surface area contributed by atoms with Crippen molar-refractivity contribution in [1.82, 2.24) is 36.2 Å². The van der Waals surface area contributed by atoms with E-state index in [0.29, 0.717) is 20.7 Å². The van der Waals surface area contributed by atoms with Gasteiger partial charge in [0.1, 0.15) is 18.6 Å². The number of carbonyl (C=O) groups is 5. The molecule has 0 aliphatic heterocycles. The van der Waals surface area contributed by atoms with E-state index in [4.69, 9.17) is 23.2 Å². The topological polar surface area (TPSA) is 185 Å². The molecule has 3 aromatic rings. The average molecular weight is 715 g/mol. The number of aromatic nitrogens is 4. The number of rotatable bonds is 14. The molecule has 46 heavy (non-hydrogen) atoms. The average Bonchev–Trinajstić information content (AvgIpc) is 3.49. The van der Waals surface area contributed by atoms with Gasteiger partial charge in [-0.15, -0.1) is 10.2 Å². The molecule has 4 N–H and O–H groups in total. The second-order valence-electron chi connectivity index (χ2n) is 8.59. The molecule has 2 aromatic carbocycles. The fraction of sp³-hybridized carbons (Fsp3) is 0.379. The van der Waals surface area contributed by atoms with Crippen LogP contribution in [0.4, 0.5) is 4.79 Å². The van der Waals surface area contributed by atoms with Crippen LogP contribution in [0.25, 0.3) is 0 Å². The Morgan fingerprint density at radius 1 is 0.935 bits per heavy atom. The molecular formula is C29H37Cl2N7O6S2. The quantitative estimate of drug-likeness (QED) is 0.179. The van der Waals surface area contributed by atoms with Crippen molar-refractivity contribution in [3.63, 3.8) is 0 Å². The van der Waals surface area contributed by atoms with E-state index in [9.17, 15) is 29.1 Å². The predicted molar refractivity (Wildman–Crippen MR) is 179 cm³/mol. The van der Waals surface area contributed by atoms with Crippen LogP contribution < -0.4 is 16.0 Å². The minimum Gasteiger partial charge on any atom is -0.481 e. The first-order chi connectivity index (χ1) is 22.0. The maximum absolute atomic E-state index is 12.9. The van der Waals surface area contributed by atoms with Crippen LogP contribution in [0, 0.1) is 0 Å². The highest BCUT2D eigenvalue weighted by Crippen LogP contribution is 2.36. The van der Waals surface area contributed by atoms with Gasteiger partial charge in [0.25, 0.3) is 5.24 Å². The van der Waals surface area contributed by atoms with Gasteiger partial charge in [-0.2, -0.15) is 4.80 Å². The molecule has 0 saturated heterocycles. The Balaban J connectivity index is 0.00000254. The number of halogens is 2. The molecule has 1 heterocycles. The number of ketones is 1.